The number of hydrogen-bond donors (Lipinski definition) is 2. The molecule has 1 aliphatic heterocycles. The Hall–Kier alpha value is -1.44. The van der Waals surface area contributed by atoms with Gasteiger partial charge in [-0.05, 0) is 31.5 Å². The number of hydrogen-bond acceptors (Lipinski definition) is 4. The zero-order valence-corrected chi connectivity index (χ0v) is 12.9. The molecule has 1 heterocycles. The largest absolute Gasteiger partial charge is 0.379 e. The van der Waals surface area contributed by atoms with Crippen molar-refractivity contribution in [2.75, 3.05) is 13.2 Å². The zero-order valence-electron chi connectivity index (χ0n) is 12.1. The third kappa shape index (κ3) is 3.61. The summed E-state index contributed by atoms with van der Waals surface area (Å²) in [6.45, 7) is 3.98. The summed E-state index contributed by atoms with van der Waals surface area (Å²) in [5.74, 6) is -0.632. The second-order valence-corrected chi connectivity index (χ2v) is 7.72. The molecule has 1 aromatic carbocycles. The quantitative estimate of drug-likeness (QED) is 0.831. The van der Waals surface area contributed by atoms with Crippen LogP contribution >= 0.6 is 0 Å². The minimum absolute atomic E-state index is 0.127. The smallest absolute Gasteiger partial charge is 0.248 e. The lowest BCUT2D eigenvalue weighted by molar-refractivity contribution is 0.1000. The molecule has 7 heteroatoms. The van der Waals surface area contributed by atoms with Crippen LogP contribution in [-0.2, 0) is 14.8 Å². The molecule has 3 N–H and O–H groups in total. The van der Waals surface area contributed by atoms with Crippen LogP contribution in [0.3, 0.4) is 0 Å². The van der Waals surface area contributed by atoms with Gasteiger partial charge in [0.05, 0.1) is 24.5 Å². The summed E-state index contributed by atoms with van der Waals surface area (Å²) in [6, 6.07) is 6.58. The molecule has 0 aliphatic carbocycles. The third-order valence-corrected chi connectivity index (χ3v) is 5.49. The first-order valence-corrected chi connectivity index (χ1v) is 8.34. The van der Waals surface area contributed by atoms with Gasteiger partial charge < -0.3 is 10.5 Å². The molecule has 2 atom stereocenters. The highest BCUT2D eigenvalue weighted by atomic mass is 32.2. The molecule has 1 amide bonds. The zero-order chi connectivity index (χ0) is 15.6. The predicted molar refractivity (Wildman–Crippen MR) is 79.5 cm³/mol. The second-order valence-electron chi connectivity index (χ2n) is 5.45. The number of benzene rings is 1. The highest BCUT2D eigenvalue weighted by Gasteiger charge is 2.33. The molecule has 2 rings (SSSR count). The van der Waals surface area contributed by atoms with Gasteiger partial charge in [-0.2, -0.15) is 0 Å². The molecule has 0 spiro atoms. The van der Waals surface area contributed by atoms with Gasteiger partial charge in [0, 0.05) is 11.5 Å². The van der Waals surface area contributed by atoms with E-state index >= 15 is 0 Å². The van der Waals surface area contributed by atoms with Crippen LogP contribution in [0.2, 0.25) is 0 Å². The van der Waals surface area contributed by atoms with Crippen LogP contribution in [0.15, 0.2) is 24.3 Å². The number of amides is 1. The molecule has 1 aliphatic rings. The fourth-order valence-electron chi connectivity index (χ4n) is 2.27. The van der Waals surface area contributed by atoms with Gasteiger partial charge >= 0.3 is 0 Å². The second kappa shape index (κ2) is 6.13. The van der Waals surface area contributed by atoms with Crippen molar-refractivity contribution in [3.05, 3.63) is 35.4 Å². The van der Waals surface area contributed by atoms with Crippen molar-refractivity contribution >= 4 is 15.9 Å². The van der Waals surface area contributed by atoms with E-state index in [2.05, 4.69) is 4.72 Å². The van der Waals surface area contributed by atoms with Gasteiger partial charge in [-0.15, -0.1) is 0 Å². The third-order valence-electron chi connectivity index (χ3n) is 3.62. The maximum Gasteiger partial charge on any atom is 0.248 e. The first-order valence-electron chi connectivity index (χ1n) is 6.80. The maximum absolute atomic E-state index is 12.0. The summed E-state index contributed by atoms with van der Waals surface area (Å²) in [5.41, 5.74) is 6.53. The van der Waals surface area contributed by atoms with E-state index < -0.39 is 21.2 Å². The van der Waals surface area contributed by atoms with E-state index in [4.69, 9.17) is 10.5 Å². The number of nitrogens with two attached hydrogens (primary N) is 1. The van der Waals surface area contributed by atoms with Crippen molar-refractivity contribution < 1.29 is 17.9 Å². The first kappa shape index (κ1) is 15.9. The molecule has 1 aromatic rings. The molecule has 0 bridgehead atoms. The molecular weight excluding hydrogens is 292 g/mol. The van der Waals surface area contributed by atoms with Crippen molar-refractivity contribution in [1.82, 2.24) is 4.72 Å². The van der Waals surface area contributed by atoms with Crippen molar-refractivity contribution in [3.8, 4) is 0 Å². The monoisotopic (exact) mass is 312 g/mol. The Kier molecular flexibility index (Phi) is 4.65. The molecule has 21 heavy (non-hydrogen) atoms. The number of sulfonamides is 1. The summed E-state index contributed by atoms with van der Waals surface area (Å²) in [4.78, 5) is 11.2. The van der Waals surface area contributed by atoms with Crippen molar-refractivity contribution in [3.63, 3.8) is 0 Å². The fourth-order valence-corrected chi connectivity index (χ4v) is 3.20. The first-order chi connectivity index (χ1) is 9.81. The standard InChI is InChI=1S/C14H20N2O4S/c1-9(2)21(18,19)16-13-8-20-7-12(13)10-4-3-5-11(6-10)14(15)17/h3-6,9,12-13,16H,7-8H2,1-2H3,(H2,15,17). The van der Waals surface area contributed by atoms with E-state index in [-0.39, 0.29) is 12.0 Å². The molecule has 2 unspecified atom stereocenters. The average molecular weight is 312 g/mol. The molecule has 0 saturated carbocycles. The molecular formula is C14H20N2O4S. The number of rotatable bonds is 5. The molecule has 0 aromatic heterocycles. The SMILES string of the molecule is CC(C)S(=O)(=O)NC1COCC1c1cccc(C(N)=O)c1. The minimum atomic E-state index is -3.37. The van der Waals surface area contributed by atoms with Crippen LogP contribution in [-0.4, -0.2) is 38.8 Å². The normalized spacial score (nSPS) is 22.6. The lowest BCUT2D eigenvalue weighted by Crippen LogP contribution is -2.42. The Morgan fingerprint density at radius 1 is 1.38 bits per heavy atom. The van der Waals surface area contributed by atoms with Crippen LogP contribution < -0.4 is 10.5 Å². The van der Waals surface area contributed by atoms with Crippen molar-refractivity contribution in [2.24, 2.45) is 5.73 Å². The highest BCUT2D eigenvalue weighted by molar-refractivity contribution is 7.90. The van der Waals surface area contributed by atoms with Crippen LogP contribution in [0.25, 0.3) is 0 Å². The number of ether oxygens (including phenoxy) is 1. The average Bonchev–Trinajstić information content (AvgIpc) is 2.86. The molecule has 1 saturated heterocycles. The van der Waals surface area contributed by atoms with Crippen LogP contribution in [0.5, 0.6) is 0 Å². The van der Waals surface area contributed by atoms with Crippen LogP contribution in [0, 0.1) is 0 Å². The summed E-state index contributed by atoms with van der Waals surface area (Å²) in [7, 11) is -3.37. The van der Waals surface area contributed by atoms with E-state index in [1.807, 2.05) is 6.07 Å². The highest BCUT2D eigenvalue weighted by Crippen LogP contribution is 2.27. The summed E-state index contributed by atoms with van der Waals surface area (Å²) in [6.07, 6.45) is 0. The lowest BCUT2D eigenvalue weighted by Gasteiger charge is -2.21. The lowest BCUT2D eigenvalue weighted by atomic mass is 9.93. The van der Waals surface area contributed by atoms with E-state index in [0.29, 0.717) is 18.8 Å². The number of carbonyl (C=O) groups excluding carboxylic acids is 1. The Morgan fingerprint density at radius 3 is 2.71 bits per heavy atom. The van der Waals surface area contributed by atoms with Gasteiger partial charge in [-0.25, -0.2) is 13.1 Å². The molecule has 116 valence electrons. The van der Waals surface area contributed by atoms with E-state index in [9.17, 15) is 13.2 Å². The van der Waals surface area contributed by atoms with Gasteiger partial charge in [0.15, 0.2) is 0 Å². The van der Waals surface area contributed by atoms with E-state index in [1.165, 1.54) is 0 Å². The van der Waals surface area contributed by atoms with Gasteiger partial charge in [0.1, 0.15) is 0 Å². The molecule has 1 fully saturated rings. The predicted octanol–water partition coefficient (Wildman–Crippen LogP) is 0.596. The number of nitrogens with one attached hydrogen (secondary N) is 1. The van der Waals surface area contributed by atoms with Crippen LogP contribution in [0.1, 0.15) is 35.7 Å². The molecule has 6 nitrogen and oxygen atoms in total. The Labute approximate surface area is 124 Å². The van der Waals surface area contributed by atoms with Crippen molar-refractivity contribution in [1.29, 1.82) is 0 Å². The van der Waals surface area contributed by atoms with Gasteiger partial charge in [0.25, 0.3) is 0 Å². The van der Waals surface area contributed by atoms with Crippen molar-refractivity contribution in [2.45, 2.75) is 31.1 Å². The van der Waals surface area contributed by atoms with E-state index in [1.54, 1.807) is 32.0 Å². The minimum Gasteiger partial charge on any atom is -0.379 e. The van der Waals surface area contributed by atoms with Gasteiger partial charge in [-0.1, -0.05) is 12.1 Å². The topological polar surface area (TPSA) is 98.5 Å². The number of carbonyl (C=O) groups is 1. The van der Waals surface area contributed by atoms with Crippen LogP contribution in [0.4, 0.5) is 0 Å². The summed E-state index contributed by atoms with van der Waals surface area (Å²) >= 11 is 0. The Morgan fingerprint density at radius 2 is 2.10 bits per heavy atom. The maximum atomic E-state index is 12.0. The number of primary amides is 1. The Bertz CT molecular complexity index is 628. The summed E-state index contributed by atoms with van der Waals surface area (Å²) in [5, 5.41) is -0.504. The summed E-state index contributed by atoms with van der Waals surface area (Å²) < 4.78 is 32.1. The molecule has 0 radical (unpaired) electrons. The van der Waals surface area contributed by atoms with Gasteiger partial charge in [-0.3, -0.25) is 4.79 Å². The Balaban J connectivity index is 2.23. The fraction of sp³-hybridized carbons (Fsp3) is 0.500. The van der Waals surface area contributed by atoms with E-state index in [0.717, 1.165) is 5.56 Å². The van der Waals surface area contributed by atoms with Gasteiger partial charge in [0.2, 0.25) is 15.9 Å².